The minimum absolute atomic E-state index is 0.112. The zero-order valence-corrected chi connectivity index (χ0v) is 8.90. The average Bonchev–Trinajstić information content (AvgIpc) is 2.54. The summed E-state index contributed by atoms with van der Waals surface area (Å²) in [6.07, 6.45) is 0. The largest absolute Gasteiger partial charge is 0.334 e. The standard InChI is InChI=1S/C9H4FNO2S2/c10-15(12,13)9-6-3-1-2-4-7(6)14-8(9)5-11/h1-4H. The highest BCUT2D eigenvalue weighted by Gasteiger charge is 2.23. The fraction of sp³-hybridized carbons (Fsp3) is 0. The highest BCUT2D eigenvalue weighted by molar-refractivity contribution is 7.87. The van der Waals surface area contributed by atoms with Gasteiger partial charge in [-0.05, 0) is 6.07 Å². The lowest BCUT2D eigenvalue weighted by Gasteiger charge is -1.92. The molecule has 6 heteroatoms. The third-order valence-corrected chi connectivity index (χ3v) is 4.01. The van der Waals surface area contributed by atoms with E-state index in [9.17, 15) is 12.3 Å². The highest BCUT2D eigenvalue weighted by atomic mass is 32.3. The van der Waals surface area contributed by atoms with Crippen molar-refractivity contribution in [2.24, 2.45) is 0 Å². The Morgan fingerprint density at radius 1 is 1.33 bits per heavy atom. The van der Waals surface area contributed by atoms with Crippen molar-refractivity contribution in [3.8, 4) is 6.07 Å². The van der Waals surface area contributed by atoms with Gasteiger partial charge in [0.05, 0.1) is 0 Å². The number of hydrogen-bond donors (Lipinski definition) is 0. The molecule has 0 amide bonds. The predicted octanol–water partition coefficient (Wildman–Crippen LogP) is 2.43. The Morgan fingerprint density at radius 2 is 2.00 bits per heavy atom. The van der Waals surface area contributed by atoms with Gasteiger partial charge in [-0.15, -0.1) is 15.2 Å². The molecule has 0 unspecified atom stereocenters. The van der Waals surface area contributed by atoms with Crippen LogP contribution in [0.15, 0.2) is 29.2 Å². The van der Waals surface area contributed by atoms with Crippen molar-refractivity contribution in [1.82, 2.24) is 0 Å². The molecule has 0 aliphatic rings. The zero-order valence-electron chi connectivity index (χ0n) is 7.27. The van der Waals surface area contributed by atoms with Gasteiger partial charge < -0.3 is 0 Å². The third-order valence-electron chi connectivity index (χ3n) is 1.90. The van der Waals surface area contributed by atoms with Crippen LogP contribution in [0.3, 0.4) is 0 Å². The first-order valence-corrected chi connectivity index (χ1v) is 6.10. The molecule has 1 aromatic heterocycles. The van der Waals surface area contributed by atoms with Crippen LogP contribution in [0.2, 0.25) is 0 Å². The van der Waals surface area contributed by atoms with Crippen LogP contribution in [0.4, 0.5) is 3.89 Å². The van der Waals surface area contributed by atoms with Crippen molar-refractivity contribution in [1.29, 1.82) is 5.26 Å². The maximum absolute atomic E-state index is 13.0. The molecule has 1 heterocycles. The van der Waals surface area contributed by atoms with Crippen LogP contribution < -0.4 is 0 Å². The van der Waals surface area contributed by atoms with Gasteiger partial charge in [0.1, 0.15) is 15.8 Å². The summed E-state index contributed by atoms with van der Waals surface area (Å²) >= 11 is 0.970. The van der Waals surface area contributed by atoms with E-state index in [2.05, 4.69) is 0 Å². The molecule has 0 spiro atoms. The first kappa shape index (κ1) is 10.1. The average molecular weight is 241 g/mol. The Labute approximate surface area is 89.6 Å². The van der Waals surface area contributed by atoms with Gasteiger partial charge in [-0.2, -0.15) is 13.7 Å². The van der Waals surface area contributed by atoms with E-state index in [-0.39, 0.29) is 10.3 Å². The molecule has 3 nitrogen and oxygen atoms in total. The van der Waals surface area contributed by atoms with Crippen molar-refractivity contribution in [3.63, 3.8) is 0 Å². The van der Waals surface area contributed by atoms with Gasteiger partial charge in [0.15, 0.2) is 0 Å². The molecule has 0 saturated heterocycles. The fourth-order valence-electron chi connectivity index (χ4n) is 1.34. The second-order valence-corrected chi connectivity index (χ2v) is 5.14. The summed E-state index contributed by atoms with van der Waals surface area (Å²) in [5.74, 6) is 0. The van der Waals surface area contributed by atoms with Crippen LogP contribution in [0.25, 0.3) is 10.1 Å². The first-order chi connectivity index (χ1) is 7.04. The molecule has 0 radical (unpaired) electrons. The number of fused-ring (bicyclic) bond motifs is 1. The number of halogens is 1. The van der Waals surface area contributed by atoms with Crippen LogP contribution in [0, 0.1) is 11.3 Å². The summed E-state index contributed by atoms with van der Waals surface area (Å²) in [7, 11) is -4.84. The molecule has 76 valence electrons. The lowest BCUT2D eigenvalue weighted by Crippen LogP contribution is -1.92. The van der Waals surface area contributed by atoms with E-state index < -0.39 is 15.1 Å². The number of hydrogen-bond acceptors (Lipinski definition) is 4. The topological polar surface area (TPSA) is 57.9 Å². The zero-order chi connectivity index (χ0) is 11.1. The van der Waals surface area contributed by atoms with Crippen LogP contribution in [0.1, 0.15) is 4.88 Å². The Balaban J connectivity index is 2.99. The molecule has 2 rings (SSSR count). The van der Waals surface area contributed by atoms with Crippen LogP contribution in [-0.2, 0) is 10.2 Å². The van der Waals surface area contributed by atoms with E-state index in [1.54, 1.807) is 24.3 Å². The molecule has 1 aromatic carbocycles. The van der Waals surface area contributed by atoms with Crippen molar-refractivity contribution in [2.45, 2.75) is 4.90 Å². The normalized spacial score (nSPS) is 11.5. The fourth-order valence-corrected chi connectivity index (χ4v) is 3.43. The predicted molar refractivity (Wildman–Crippen MR) is 54.8 cm³/mol. The Kier molecular flexibility index (Phi) is 2.21. The molecule has 0 N–H and O–H groups in total. The van der Waals surface area contributed by atoms with E-state index in [0.29, 0.717) is 4.70 Å². The van der Waals surface area contributed by atoms with Gasteiger partial charge >= 0.3 is 10.2 Å². The summed E-state index contributed by atoms with van der Waals surface area (Å²) < 4.78 is 35.3. The van der Waals surface area contributed by atoms with Gasteiger partial charge in [-0.1, -0.05) is 18.2 Å². The Bertz CT molecular complexity index is 667. The molecule has 0 aliphatic heterocycles. The monoisotopic (exact) mass is 241 g/mol. The smallest absolute Gasteiger partial charge is 0.191 e. The molecular weight excluding hydrogens is 237 g/mol. The summed E-state index contributed by atoms with van der Waals surface area (Å²) in [5, 5.41) is 8.98. The van der Waals surface area contributed by atoms with Crippen molar-refractivity contribution in [3.05, 3.63) is 29.1 Å². The Morgan fingerprint density at radius 3 is 2.60 bits per heavy atom. The van der Waals surface area contributed by atoms with E-state index in [4.69, 9.17) is 5.26 Å². The number of benzene rings is 1. The summed E-state index contributed by atoms with van der Waals surface area (Å²) in [6.45, 7) is 0. The van der Waals surface area contributed by atoms with E-state index >= 15 is 0 Å². The van der Waals surface area contributed by atoms with Crippen molar-refractivity contribution in [2.75, 3.05) is 0 Å². The van der Waals surface area contributed by atoms with Crippen LogP contribution in [0.5, 0.6) is 0 Å². The van der Waals surface area contributed by atoms with E-state index in [1.165, 1.54) is 6.07 Å². The lowest BCUT2D eigenvalue weighted by atomic mass is 10.2. The molecule has 2 aromatic rings. The first-order valence-electron chi connectivity index (χ1n) is 3.90. The Hall–Kier alpha value is -1.45. The second-order valence-electron chi connectivity index (χ2n) is 2.81. The van der Waals surface area contributed by atoms with Crippen molar-refractivity contribution >= 4 is 31.6 Å². The van der Waals surface area contributed by atoms with Gasteiger partial charge in [0.2, 0.25) is 0 Å². The van der Waals surface area contributed by atoms with Gasteiger partial charge in [-0.25, -0.2) is 0 Å². The van der Waals surface area contributed by atoms with Gasteiger partial charge in [0.25, 0.3) is 0 Å². The number of thiophene rings is 1. The minimum atomic E-state index is -4.84. The molecule has 0 fully saturated rings. The summed E-state index contributed by atoms with van der Waals surface area (Å²) in [4.78, 5) is -0.621. The molecule has 0 aliphatic carbocycles. The number of nitrogens with zero attached hydrogens (tertiary/aromatic N) is 1. The van der Waals surface area contributed by atoms with Gasteiger partial charge in [0, 0.05) is 10.1 Å². The molecule has 0 saturated carbocycles. The summed E-state index contributed by atoms with van der Waals surface area (Å²) in [5.41, 5.74) is 0. The molecule has 0 bridgehead atoms. The lowest BCUT2D eigenvalue weighted by molar-refractivity contribution is 0.553. The quantitative estimate of drug-likeness (QED) is 0.720. The minimum Gasteiger partial charge on any atom is -0.191 e. The maximum atomic E-state index is 13.0. The molecular formula is C9H4FNO2S2. The molecule has 0 atom stereocenters. The second kappa shape index (κ2) is 3.29. The number of rotatable bonds is 1. The van der Waals surface area contributed by atoms with Crippen LogP contribution in [-0.4, -0.2) is 8.42 Å². The third kappa shape index (κ3) is 1.60. The van der Waals surface area contributed by atoms with E-state index in [1.807, 2.05) is 0 Å². The summed E-state index contributed by atoms with van der Waals surface area (Å²) in [6, 6.07) is 8.13. The SMILES string of the molecule is N#Cc1sc2ccccc2c1S(=O)(=O)F. The molecule has 15 heavy (non-hydrogen) atoms. The highest BCUT2D eigenvalue weighted by Crippen LogP contribution is 2.34. The van der Waals surface area contributed by atoms with Crippen molar-refractivity contribution < 1.29 is 12.3 Å². The maximum Gasteiger partial charge on any atom is 0.334 e. The van der Waals surface area contributed by atoms with Gasteiger partial charge in [-0.3, -0.25) is 0 Å². The van der Waals surface area contributed by atoms with Crippen LogP contribution >= 0.6 is 11.3 Å². The number of nitriles is 1. The van der Waals surface area contributed by atoms with E-state index in [0.717, 1.165) is 11.3 Å².